The molecule has 2 aromatic carbocycles. The summed E-state index contributed by atoms with van der Waals surface area (Å²) in [6, 6.07) is 6.90. The molecule has 33 heavy (non-hydrogen) atoms. The number of carbonyl (C=O) groups excluding carboxylic acids is 4. The van der Waals surface area contributed by atoms with E-state index in [1.165, 1.54) is 18.2 Å². The van der Waals surface area contributed by atoms with Gasteiger partial charge in [-0.25, -0.2) is 9.69 Å². The number of rotatable bonds is 7. The molecule has 0 bridgehead atoms. The minimum absolute atomic E-state index is 0.220. The van der Waals surface area contributed by atoms with Gasteiger partial charge in [0.25, 0.3) is 17.7 Å². The van der Waals surface area contributed by atoms with Gasteiger partial charge in [0.05, 0.1) is 16.8 Å². The number of benzene rings is 2. The number of carbonyl (C=O) groups is 4. The van der Waals surface area contributed by atoms with Gasteiger partial charge in [0, 0.05) is 5.02 Å². The summed E-state index contributed by atoms with van der Waals surface area (Å²) in [5, 5.41) is 2.53. The van der Waals surface area contributed by atoms with Gasteiger partial charge in [-0.15, -0.1) is 0 Å². The Kier molecular flexibility index (Phi) is 7.39. The third-order valence-corrected chi connectivity index (χ3v) is 5.51. The smallest absolute Gasteiger partial charge is 0.335 e. The molecule has 0 atom stereocenters. The Bertz CT molecular complexity index is 1200. The maximum Gasteiger partial charge on any atom is 0.335 e. The van der Waals surface area contributed by atoms with Crippen molar-refractivity contribution in [2.24, 2.45) is 5.73 Å². The number of hydrogen-bond donors (Lipinski definition) is 2. The monoisotopic (exact) mass is 535 g/mol. The maximum absolute atomic E-state index is 13.1. The molecule has 0 saturated carbocycles. The van der Waals surface area contributed by atoms with Crippen molar-refractivity contribution in [1.82, 2.24) is 5.32 Å². The van der Waals surface area contributed by atoms with E-state index < -0.39 is 23.8 Å². The minimum atomic E-state index is -0.881. The van der Waals surface area contributed by atoms with E-state index in [2.05, 4.69) is 21.2 Å². The largest absolute Gasteiger partial charge is 0.490 e. The molecular formula is C22H19BrClN3O6. The second kappa shape index (κ2) is 10.1. The molecule has 11 heteroatoms. The fourth-order valence-electron chi connectivity index (χ4n) is 3.00. The van der Waals surface area contributed by atoms with E-state index in [4.69, 9.17) is 26.8 Å². The number of amides is 5. The molecule has 0 radical (unpaired) electrons. The molecule has 1 saturated heterocycles. The van der Waals surface area contributed by atoms with Crippen molar-refractivity contribution < 1.29 is 28.7 Å². The van der Waals surface area contributed by atoms with Crippen LogP contribution in [0.1, 0.15) is 18.1 Å². The first-order valence-corrected chi connectivity index (χ1v) is 10.8. The van der Waals surface area contributed by atoms with Gasteiger partial charge in [0.2, 0.25) is 0 Å². The molecule has 0 spiro atoms. The molecule has 1 heterocycles. The van der Waals surface area contributed by atoms with E-state index in [9.17, 15) is 19.2 Å². The molecule has 1 aliphatic rings. The topological polar surface area (TPSA) is 128 Å². The van der Waals surface area contributed by atoms with E-state index in [0.29, 0.717) is 15.1 Å². The molecule has 0 unspecified atom stereocenters. The number of aryl methyl sites for hydroxylation is 1. The van der Waals surface area contributed by atoms with E-state index >= 15 is 0 Å². The third kappa shape index (κ3) is 5.35. The Morgan fingerprint density at radius 1 is 1.21 bits per heavy atom. The number of barbiturate groups is 1. The maximum atomic E-state index is 13.1. The number of urea groups is 1. The Morgan fingerprint density at radius 2 is 1.94 bits per heavy atom. The fraction of sp³-hybridized carbons (Fsp3) is 0.182. The molecule has 3 N–H and O–H groups in total. The molecule has 9 nitrogen and oxygen atoms in total. The van der Waals surface area contributed by atoms with Crippen LogP contribution in [0.15, 0.2) is 40.4 Å². The molecule has 3 rings (SSSR count). The highest BCUT2D eigenvalue weighted by atomic mass is 79.9. The lowest BCUT2D eigenvalue weighted by Gasteiger charge is -2.26. The zero-order valence-corrected chi connectivity index (χ0v) is 20.0. The summed E-state index contributed by atoms with van der Waals surface area (Å²) in [5.74, 6) is -1.82. The summed E-state index contributed by atoms with van der Waals surface area (Å²) in [6.07, 6.45) is 1.32. The Labute approximate surface area is 202 Å². The van der Waals surface area contributed by atoms with Gasteiger partial charge in [0.1, 0.15) is 5.57 Å². The molecule has 1 aliphatic heterocycles. The van der Waals surface area contributed by atoms with Crippen LogP contribution in [0, 0.1) is 6.92 Å². The first-order chi connectivity index (χ1) is 15.6. The number of imide groups is 2. The lowest BCUT2D eigenvalue weighted by molar-refractivity contribution is -0.123. The van der Waals surface area contributed by atoms with Crippen molar-refractivity contribution in [2.45, 2.75) is 13.8 Å². The number of nitrogens with one attached hydrogen (secondary N) is 1. The highest BCUT2D eigenvalue weighted by Crippen LogP contribution is 2.38. The molecule has 0 aliphatic carbocycles. The standard InChI is InChI=1S/C22H19BrClN3O6/c1-3-32-17-8-12(7-15(23)19(17)33-10-18(25)28)6-14-20(29)26-22(31)27(21(14)30)13-5-4-11(2)16(24)9-13/h4-9H,3,10H2,1-2H3,(H2,25,28)(H,26,29,31)/b14-6+. The first kappa shape index (κ1) is 24.3. The second-order valence-corrected chi connectivity index (χ2v) is 8.17. The van der Waals surface area contributed by atoms with E-state index in [-0.39, 0.29) is 36.0 Å². The van der Waals surface area contributed by atoms with Crippen molar-refractivity contribution in [2.75, 3.05) is 18.1 Å². The molecule has 2 aromatic rings. The van der Waals surface area contributed by atoms with Crippen LogP contribution in [-0.4, -0.2) is 37.0 Å². The third-order valence-electron chi connectivity index (χ3n) is 4.52. The van der Waals surface area contributed by atoms with Crippen LogP contribution in [0.3, 0.4) is 0 Å². The van der Waals surface area contributed by atoms with Crippen LogP contribution in [0.4, 0.5) is 10.5 Å². The number of anilines is 1. The summed E-state index contributed by atoms with van der Waals surface area (Å²) >= 11 is 9.47. The van der Waals surface area contributed by atoms with E-state index in [0.717, 1.165) is 10.5 Å². The Hall–Kier alpha value is -3.37. The van der Waals surface area contributed by atoms with Crippen LogP contribution in [-0.2, 0) is 14.4 Å². The number of nitrogens with two attached hydrogens (primary N) is 1. The van der Waals surface area contributed by atoms with Crippen LogP contribution >= 0.6 is 27.5 Å². The predicted octanol–water partition coefficient (Wildman–Crippen LogP) is 3.34. The number of halogens is 2. The SMILES string of the molecule is CCOc1cc(/C=C2\C(=O)NC(=O)N(c3ccc(C)c(Cl)c3)C2=O)cc(Br)c1OCC(N)=O. The van der Waals surface area contributed by atoms with Gasteiger partial charge in [-0.3, -0.25) is 19.7 Å². The Balaban J connectivity index is 2.02. The molecule has 172 valence electrons. The quantitative estimate of drug-likeness (QED) is 0.413. The lowest BCUT2D eigenvalue weighted by atomic mass is 10.1. The average molecular weight is 537 g/mol. The average Bonchev–Trinajstić information content (AvgIpc) is 2.73. The number of hydrogen-bond acceptors (Lipinski definition) is 6. The highest BCUT2D eigenvalue weighted by molar-refractivity contribution is 9.10. The molecule has 1 fully saturated rings. The van der Waals surface area contributed by atoms with Gasteiger partial charge < -0.3 is 15.2 Å². The van der Waals surface area contributed by atoms with Crippen molar-refractivity contribution in [3.8, 4) is 11.5 Å². The van der Waals surface area contributed by atoms with Crippen molar-refractivity contribution in [3.05, 3.63) is 56.5 Å². The summed E-state index contributed by atoms with van der Waals surface area (Å²) in [4.78, 5) is 49.9. The zero-order chi connectivity index (χ0) is 24.3. The van der Waals surface area contributed by atoms with Gasteiger partial charge in [0.15, 0.2) is 18.1 Å². The molecular weight excluding hydrogens is 518 g/mol. The predicted molar refractivity (Wildman–Crippen MR) is 125 cm³/mol. The highest BCUT2D eigenvalue weighted by Gasteiger charge is 2.37. The minimum Gasteiger partial charge on any atom is -0.490 e. The molecule has 0 aromatic heterocycles. The number of ether oxygens (including phenoxy) is 2. The van der Waals surface area contributed by atoms with Gasteiger partial charge in [-0.2, -0.15) is 0 Å². The number of nitrogens with zero attached hydrogens (tertiary/aromatic N) is 1. The number of primary amides is 1. The van der Waals surface area contributed by atoms with Crippen molar-refractivity contribution in [3.63, 3.8) is 0 Å². The fourth-order valence-corrected chi connectivity index (χ4v) is 3.75. The van der Waals surface area contributed by atoms with Crippen LogP contribution in [0.25, 0.3) is 6.08 Å². The van der Waals surface area contributed by atoms with Gasteiger partial charge in [-0.05, 0) is 71.2 Å². The lowest BCUT2D eigenvalue weighted by Crippen LogP contribution is -2.54. The molecule has 5 amide bonds. The Morgan fingerprint density at radius 3 is 2.58 bits per heavy atom. The van der Waals surface area contributed by atoms with Crippen molar-refractivity contribution in [1.29, 1.82) is 0 Å². The summed E-state index contributed by atoms with van der Waals surface area (Å²) in [7, 11) is 0. The van der Waals surface area contributed by atoms with Gasteiger partial charge in [-0.1, -0.05) is 17.7 Å². The zero-order valence-electron chi connectivity index (χ0n) is 17.6. The summed E-state index contributed by atoms with van der Waals surface area (Å²) in [5.41, 5.74) is 6.26. The van der Waals surface area contributed by atoms with Crippen LogP contribution in [0.5, 0.6) is 11.5 Å². The second-order valence-electron chi connectivity index (χ2n) is 6.91. The van der Waals surface area contributed by atoms with Crippen LogP contribution in [0.2, 0.25) is 5.02 Å². The van der Waals surface area contributed by atoms with Gasteiger partial charge >= 0.3 is 6.03 Å². The van der Waals surface area contributed by atoms with E-state index in [1.807, 2.05) is 0 Å². The van der Waals surface area contributed by atoms with E-state index in [1.54, 1.807) is 32.0 Å². The van der Waals surface area contributed by atoms with Crippen LogP contribution < -0.4 is 25.4 Å². The first-order valence-electron chi connectivity index (χ1n) is 9.67. The normalized spacial score (nSPS) is 15.0. The summed E-state index contributed by atoms with van der Waals surface area (Å²) < 4.78 is 11.4. The van der Waals surface area contributed by atoms with Crippen molar-refractivity contribution >= 4 is 63.0 Å². The summed E-state index contributed by atoms with van der Waals surface area (Å²) in [6.45, 7) is 3.46.